The Balaban J connectivity index is 0.895. The van der Waals surface area contributed by atoms with Gasteiger partial charge in [0, 0.05) is 30.4 Å². The number of hydrogen-bond donors (Lipinski definition) is 2. The first-order valence-corrected chi connectivity index (χ1v) is 15.0. The van der Waals surface area contributed by atoms with Crippen LogP contribution in [-0.4, -0.2) is 60.9 Å². The molecule has 2 aromatic heterocycles. The molecule has 11 nitrogen and oxygen atoms in total. The van der Waals surface area contributed by atoms with Crippen molar-refractivity contribution in [2.24, 2.45) is 5.92 Å². The van der Waals surface area contributed by atoms with Crippen molar-refractivity contribution in [3.63, 3.8) is 0 Å². The van der Waals surface area contributed by atoms with Crippen LogP contribution in [0.3, 0.4) is 0 Å². The fourth-order valence-corrected chi connectivity index (χ4v) is 6.35. The van der Waals surface area contributed by atoms with Crippen molar-refractivity contribution in [3.05, 3.63) is 71.7 Å². The Kier molecular flexibility index (Phi) is 7.29. The first-order chi connectivity index (χ1) is 22.0. The molecule has 236 valence electrons. The second-order valence-electron chi connectivity index (χ2n) is 11.9. The Morgan fingerprint density at radius 2 is 1.76 bits per heavy atom. The maximum Gasteiger partial charge on any atom is 0.416 e. The molecule has 4 heterocycles. The lowest BCUT2D eigenvalue weighted by Crippen LogP contribution is -2.54. The van der Waals surface area contributed by atoms with Gasteiger partial charge in [-0.3, -0.25) is 39.1 Å². The highest BCUT2D eigenvalue weighted by molar-refractivity contribution is 6.23. The molecule has 1 aliphatic carbocycles. The second kappa shape index (κ2) is 11.3. The summed E-state index contributed by atoms with van der Waals surface area (Å²) in [7, 11) is 0. The number of hydrogen-bond acceptors (Lipinski definition) is 8. The molecule has 0 bridgehead atoms. The van der Waals surface area contributed by atoms with E-state index in [2.05, 4.69) is 25.7 Å². The van der Waals surface area contributed by atoms with Gasteiger partial charge in [0.05, 0.1) is 51.9 Å². The van der Waals surface area contributed by atoms with Gasteiger partial charge in [-0.15, -0.1) is 0 Å². The highest BCUT2D eigenvalue weighted by Crippen LogP contribution is 2.41. The van der Waals surface area contributed by atoms with Crippen LogP contribution in [0.25, 0.3) is 22.3 Å². The molecule has 1 saturated heterocycles. The number of piperidine rings is 1. The Bertz CT molecular complexity index is 1900. The monoisotopic (exact) mass is 631 g/mol. The third kappa shape index (κ3) is 5.48. The fourth-order valence-electron chi connectivity index (χ4n) is 6.35. The molecule has 4 aromatic rings. The number of carbonyl (C=O) groups is 4. The highest BCUT2D eigenvalue weighted by atomic mass is 19.4. The Morgan fingerprint density at radius 1 is 0.957 bits per heavy atom. The first-order valence-electron chi connectivity index (χ1n) is 15.0. The predicted octanol–water partition coefficient (Wildman–Crippen LogP) is 4.76. The molecule has 14 heteroatoms. The van der Waals surface area contributed by atoms with E-state index in [1.54, 1.807) is 24.4 Å². The van der Waals surface area contributed by atoms with E-state index in [1.807, 2.05) is 10.9 Å². The maximum atomic E-state index is 13.1. The van der Waals surface area contributed by atoms with E-state index in [-0.39, 0.29) is 35.5 Å². The molecule has 2 aliphatic heterocycles. The van der Waals surface area contributed by atoms with Crippen LogP contribution in [0.1, 0.15) is 70.8 Å². The van der Waals surface area contributed by atoms with Gasteiger partial charge in [0.2, 0.25) is 11.8 Å². The van der Waals surface area contributed by atoms with Gasteiger partial charge in [0.25, 0.3) is 11.8 Å². The summed E-state index contributed by atoms with van der Waals surface area (Å²) in [6.45, 7) is 0.668. The van der Waals surface area contributed by atoms with Crippen molar-refractivity contribution >= 4 is 40.3 Å². The molecule has 1 saturated carbocycles. The quantitative estimate of drug-likeness (QED) is 0.210. The molecule has 1 atom stereocenters. The van der Waals surface area contributed by atoms with Crippen LogP contribution in [0.4, 0.5) is 18.9 Å². The van der Waals surface area contributed by atoms with E-state index in [9.17, 15) is 32.3 Å². The van der Waals surface area contributed by atoms with E-state index in [0.29, 0.717) is 34.9 Å². The van der Waals surface area contributed by atoms with Crippen LogP contribution in [-0.2, 0) is 15.8 Å². The first kappa shape index (κ1) is 29.6. The number of anilines is 1. The van der Waals surface area contributed by atoms with Crippen molar-refractivity contribution in [2.75, 3.05) is 11.9 Å². The van der Waals surface area contributed by atoms with E-state index in [4.69, 9.17) is 0 Å². The number of nitrogens with one attached hydrogen (secondary N) is 2. The van der Waals surface area contributed by atoms with Crippen molar-refractivity contribution in [1.29, 1.82) is 0 Å². The molecule has 2 aromatic carbocycles. The molecule has 0 radical (unpaired) electrons. The zero-order chi connectivity index (χ0) is 32.2. The van der Waals surface area contributed by atoms with Crippen molar-refractivity contribution < 1.29 is 32.3 Å². The molecule has 3 aliphatic rings. The van der Waals surface area contributed by atoms with E-state index >= 15 is 0 Å². The number of imide groups is 2. The smallest absolute Gasteiger partial charge is 0.385 e. The maximum absolute atomic E-state index is 13.1. The van der Waals surface area contributed by atoms with Crippen LogP contribution in [0.5, 0.6) is 0 Å². The van der Waals surface area contributed by atoms with Gasteiger partial charge in [0.15, 0.2) is 0 Å². The van der Waals surface area contributed by atoms with Crippen molar-refractivity contribution in [2.45, 2.75) is 56.8 Å². The largest absolute Gasteiger partial charge is 0.416 e. The number of amides is 4. The average Bonchev–Trinajstić information content (AvgIpc) is 3.58. The standard InChI is InChI=1S/C32H28F3N7O4/c33-32(34,35)19-3-6-24-25(12-19)39-26(15-37-24)18-14-38-41(16-18)21-10-17(11-21)2-1-9-36-20-4-5-22-23(13-20)31(46)42(30(22)45)27-7-8-28(43)40-29(27)44/h3-6,12-17,21,27,36H,1-2,7-11H2,(H,40,43,44)/t17-,21-,27?. The lowest BCUT2D eigenvalue weighted by molar-refractivity contribution is -0.138. The number of carbonyl (C=O) groups excluding carboxylic acids is 4. The van der Waals surface area contributed by atoms with Crippen molar-refractivity contribution in [1.82, 2.24) is 30.0 Å². The topological polar surface area (TPSA) is 139 Å². The van der Waals surface area contributed by atoms with Crippen LogP contribution >= 0.6 is 0 Å². The number of benzene rings is 2. The summed E-state index contributed by atoms with van der Waals surface area (Å²) in [6.07, 6.45) is 4.54. The van der Waals surface area contributed by atoms with Gasteiger partial charge in [-0.1, -0.05) is 0 Å². The molecular weight excluding hydrogens is 603 g/mol. The zero-order valence-electron chi connectivity index (χ0n) is 24.4. The molecule has 2 N–H and O–H groups in total. The third-order valence-corrected chi connectivity index (χ3v) is 8.91. The van der Waals surface area contributed by atoms with E-state index < -0.39 is 41.4 Å². The van der Waals surface area contributed by atoms with Gasteiger partial charge in [-0.05, 0) is 74.4 Å². The summed E-state index contributed by atoms with van der Waals surface area (Å²) < 4.78 is 41.3. The summed E-state index contributed by atoms with van der Waals surface area (Å²) in [5, 5.41) is 9.98. The third-order valence-electron chi connectivity index (χ3n) is 8.91. The van der Waals surface area contributed by atoms with Crippen LogP contribution in [0, 0.1) is 5.92 Å². The Labute approximate surface area is 260 Å². The highest BCUT2D eigenvalue weighted by Gasteiger charge is 2.44. The summed E-state index contributed by atoms with van der Waals surface area (Å²) >= 11 is 0. The lowest BCUT2D eigenvalue weighted by Gasteiger charge is -2.35. The molecular formula is C32H28F3N7O4. The zero-order valence-corrected chi connectivity index (χ0v) is 24.4. The number of halogens is 3. The number of aromatic nitrogens is 4. The number of alkyl halides is 3. The molecule has 46 heavy (non-hydrogen) atoms. The minimum absolute atomic E-state index is 0.0689. The van der Waals surface area contributed by atoms with Gasteiger partial charge in [-0.2, -0.15) is 18.3 Å². The van der Waals surface area contributed by atoms with Gasteiger partial charge in [0.1, 0.15) is 6.04 Å². The average molecular weight is 632 g/mol. The van der Waals surface area contributed by atoms with Crippen LogP contribution in [0.15, 0.2) is 55.0 Å². The summed E-state index contributed by atoms with van der Waals surface area (Å²) in [5.41, 5.74) is 2.12. The number of rotatable bonds is 8. The minimum atomic E-state index is -4.46. The van der Waals surface area contributed by atoms with Gasteiger partial charge >= 0.3 is 6.18 Å². The Hall–Kier alpha value is -5.14. The molecule has 0 spiro atoms. The van der Waals surface area contributed by atoms with E-state index in [0.717, 1.165) is 42.7 Å². The van der Waals surface area contributed by atoms with E-state index in [1.165, 1.54) is 12.3 Å². The summed E-state index contributed by atoms with van der Waals surface area (Å²) in [4.78, 5) is 59.3. The lowest BCUT2D eigenvalue weighted by atomic mass is 9.77. The Morgan fingerprint density at radius 3 is 2.54 bits per heavy atom. The number of nitrogens with zero attached hydrogens (tertiary/aromatic N) is 5. The summed E-state index contributed by atoms with van der Waals surface area (Å²) in [5.74, 6) is -1.61. The van der Waals surface area contributed by atoms with Crippen molar-refractivity contribution in [3.8, 4) is 11.3 Å². The predicted molar refractivity (Wildman–Crippen MR) is 158 cm³/mol. The fraction of sp³-hybridized carbons (Fsp3) is 0.344. The van der Waals surface area contributed by atoms with Gasteiger partial charge < -0.3 is 5.32 Å². The molecule has 1 unspecified atom stereocenters. The second-order valence-corrected chi connectivity index (χ2v) is 11.9. The van der Waals surface area contributed by atoms with Gasteiger partial charge in [-0.25, -0.2) is 4.98 Å². The molecule has 2 fully saturated rings. The SMILES string of the molecule is O=C1CCC(N2C(=O)c3ccc(NCCC[C@H]4C[C@H](n5cc(-c6cnc7ccc(C(F)(F)F)cc7n6)cn5)C4)cc3C2=O)C(=O)N1. The normalized spacial score (nSPS) is 21.4. The van der Waals surface area contributed by atoms with Crippen LogP contribution < -0.4 is 10.6 Å². The van der Waals surface area contributed by atoms with Crippen LogP contribution in [0.2, 0.25) is 0 Å². The molecule has 4 amide bonds. The minimum Gasteiger partial charge on any atom is -0.385 e. The molecule has 7 rings (SSSR count). The summed E-state index contributed by atoms with van der Waals surface area (Å²) in [6, 6.07) is 7.50. The number of fused-ring (bicyclic) bond motifs is 2.